The van der Waals surface area contributed by atoms with Gasteiger partial charge in [-0.2, -0.15) is 4.99 Å². The van der Waals surface area contributed by atoms with Crippen LogP contribution in [0.5, 0.6) is 0 Å². The van der Waals surface area contributed by atoms with Crippen molar-refractivity contribution >= 4 is 12.0 Å². The molecule has 88 valence electrons. The van der Waals surface area contributed by atoms with Gasteiger partial charge in [-0.15, -0.1) is 0 Å². The number of benzene rings is 1. The molecule has 1 N–H and O–H groups in total. The van der Waals surface area contributed by atoms with Crippen molar-refractivity contribution in [3.63, 3.8) is 0 Å². The Labute approximate surface area is 94.6 Å². The van der Waals surface area contributed by atoms with Gasteiger partial charge in [0, 0.05) is 0 Å². The minimum absolute atomic E-state index is 0.192. The van der Waals surface area contributed by atoms with Gasteiger partial charge in [0.25, 0.3) is 0 Å². The topological polar surface area (TPSA) is 66.7 Å². The summed E-state index contributed by atoms with van der Waals surface area (Å²) in [5.41, 5.74) is -1.48. The van der Waals surface area contributed by atoms with E-state index < -0.39 is 28.7 Å². The molecular weight excluding hydrogens is 232 g/mol. The Morgan fingerprint density at radius 2 is 2.06 bits per heavy atom. The van der Waals surface area contributed by atoms with Crippen LogP contribution in [0.15, 0.2) is 17.1 Å². The van der Waals surface area contributed by atoms with E-state index in [1.54, 1.807) is 0 Å². The fourth-order valence-corrected chi connectivity index (χ4v) is 1.68. The number of aliphatic imine (C=N–C) groups is 1. The number of carboxylic acids is 1. The predicted octanol–water partition coefficient (Wildman–Crippen LogP) is 1.99. The quantitative estimate of drug-likeness (QED) is 0.647. The van der Waals surface area contributed by atoms with Gasteiger partial charge in [0.2, 0.25) is 6.08 Å². The molecular formula is C11H7F2NO3. The molecule has 1 fully saturated rings. The summed E-state index contributed by atoms with van der Waals surface area (Å²) in [6, 6.07) is 1.88. The highest BCUT2D eigenvalue weighted by Crippen LogP contribution is 2.49. The highest BCUT2D eigenvalue weighted by Gasteiger charge is 2.45. The van der Waals surface area contributed by atoms with Gasteiger partial charge in [0.1, 0.15) is 0 Å². The Bertz CT molecular complexity index is 546. The summed E-state index contributed by atoms with van der Waals surface area (Å²) in [4.78, 5) is 24.5. The maximum absolute atomic E-state index is 13.2. The number of carbonyl (C=O) groups excluding carboxylic acids is 1. The molecule has 0 aromatic heterocycles. The Kier molecular flexibility index (Phi) is 2.52. The van der Waals surface area contributed by atoms with E-state index in [0.717, 1.165) is 12.1 Å². The van der Waals surface area contributed by atoms with Gasteiger partial charge in [-0.3, -0.25) is 0 Å². The first-order chi connectivity index (χ1) is 8.00. The molecule has 17 heavy (non-hydrogen) atoms. The summed E-state index contributed by atoms with van der Waals surface area (Å²) in [6.45, 7) is 0. The van der Waals surface area contributed by atoms with Crippen LogP contribution in [-0.2, 0) is 10.3 Å². The van der Waals surface area contributed by atoms with E-state index in [-0.39, 0.29) is 5.56 Å². The van der Waals surface area contributed by atoms with Crippen LogP contribution in [0.4, 0.5) is 8.78 Å². The van der Waals surface area contributed by atoms with Crippen molar-refractivity contribution in [3.05, 3.63) is 34.9 Å². The Balaban J connectivity index is 2.58. The Hall–Kier alpha value is -2.07. The van der Waals surface area contributed by atoms with Gasteiger partial charge in [0.15, 0.2) is 11.6 Å². The lowest BCUT2D eigenvalue weighted by molar-refractivity contribution is 0.0690. The van der Waals surface area contributed by atoms with E-state index in [0.29, 0.717) is 12.8 Å². The molecule has 1 aromatic rings. The molecule has 2 rings (SSSR count). The highest BCUT2D eigenvalue weighted by molar-refractivity contribution is 5.88. The van der Waals surface area contributed by atoms with Crippen LogP contribution in [-0.4, -0.2) is 17.2 Å². The van der Waals surface area contributed by atoms with E-state index in [2.05, 4.69) is 4.99 Å². The lowest BCUT2D eigenvalue weighted by Crippen LogP contribution is -2.09. The van der Waals surface area contributed by atoms with Gasteiger partial charge in [-0.25, -0.2) is 18.4 Å². The van der Waals surface area contributed by atoms with Crippen molar-refractivity contribution in [2.45, 2.75) is 18.4 Å². The Morgan fingerprint density at radius 3 is 2.53 bits per heavy atom. The summed E-state index contributed by atoms with van der Waals surface area (Å²) in [7, 11) is 0. The van der Waals surface area contributed by atoms with Crippen LogP contribution in [0, 0.1) is 11.6 Å². The van der Waals surface area contributed by atoms with Crippen molar-refractivity contribution < 1.29 is 23.5 Å². The molecule has 0 spiro atoms. The van der Waals surface area contributed by atoms with Crippen LogP contribution >= 0.6 is 0 Å². The molecule has 0 bridgehead atoms. The summed E-state index contributed by atoms with van der Waals surface area (Å²) in [6.07, 6.45) is 2.35. The molecule has 0 radical (unpaired) electrons. The maximum Gasteiger partial charge on any atom is 0.338 e. The molecule has 0 heterocycles. The number of isocyanates is 1. The van der Waals surface area contributed by atoms with E-state index in [1.807, 2.05) is 0 Å². The minimum atomic E-state index is -1.56. The number of halogens is 2. The highest BCUT2D eigenvalue weighted by atomic mass is 19.2. The number of carboxylic acid groups (broad SMARTS) is 1. The van der Waals surface area contributed by atoms with Gasteiger partial charge < -0.3 is 5.11 Å². The smallest absolute Gasteiger partial charge is 0.338 e. The van der Waals surface area contributed by atoms with Crippen molar-refractivity contribution in [1.29, 1.82) is 0 Å². The molecule has 0 saturated heterocycles. The standard InChI is InChI=1S/C11H7F2NO3/c12-8-4-6(11(1-2-11)14-5-15)3-7(9(8)13)10(16)17/h3-4H,1-2H2,(H,16,17). The molecule has 0 amide bonds. The Morgan fingerprint density at radius 1 is 1.41 bits per heavy atom. The monoisotopic (exact) mass is 239 g/mol. The number of aromatic carboxylic acids is 1. The number of hydrogen-bond acceptors (Lipinski definition) is 3. The average molecular weight is 239 g/mol. The van der Waals surface area contributed by atoms with Crippen LogP contribution in [0.2, 0.25) is 0 Å². The van der Waals surface area contributed by atoms with Crippen LogP contribution in [0.1, 0.15) is 28.8 Å². The third kappa shape index (κ3) is 1.83. The van der Waals surface area contributed by atoms with Crippen LogP contribution in [0.3, 0.4) is 0 Å². The lowest BCUT2D eigenvalue weighted by atomic mass is 10.0. The van der Waals surface area contributed by atoms with E-state index >= 15 is 0 Å². The summed E-state index contributed by atoms with van der Waals surface area (Å²) >= 11 is 0. The summed E-state index contributed by atoms with van der Waals surface area (Å²) < 4.78 is 26.4. The molecule has 1 aliphatic carbocycles. The number of hydrogen-bond donors (Lipinski definition) is 1. The second kappa shape index (κ2) is 3.75. The maximum atomic E-state index is 13.2. The summed E-state index contributed by atoms with van der Waals surface area (Å²) in [5, 5.41) is 8.72. The largest absolute Gasteiger partial charge is 0.478 e. The van der Waals surface area contributed by atoms with Crippen LogP contribution in [0.25, 0.3) is 0 Å². The van der Waals surface area contributed by atoms with Crippen LogP contribution < -0.4 is 0 Å². The first-order valence-corrected chi connectivity index (χ1v) is 4.82. The molecule has 6 heteroatoms. The lowest BCUT2D eigenvalue weighted by Gasteiger charge is -2.10. The van der Waals surface area contributed by atoms with E-state index in [4.69, 9.17) is 5.11 Å². The minimum Gasteiger partial charge on any atom is -0.478 e. The van der Waals surface area contributed by atoms with E-state index in [1.165, 1.54) is 6.08 Å². The average Bonchev–Trinajstić information content (AvgIpc) is 3.03. The first kappa shape index (κ1) is 11.4. The number of nitrogens with zero attached hydrogens (tertiary/aromatic N) is 1. The third-order valence-electron chi connectivity index (χ3n) is 2.78. The number of rotatable bonds is 3. The molecule has 0 unspecified atom stereocenters. The van der Waals surface area contributed by atoms with Gasteiger partial charge >= 0.3 is 5.97 Å². The predicted molar refractivity (Wildman–Crippen MR) is 52.4 cm³/mol. The molecule has 1 aliphatic rings. The zero-order valence-corrected chi connectivity index (χ0v) is 8.54. The molecule has 1 aromatic carbocycles. The zero-order chi connectivity index (χ0) is 12.6. The first-order valence-electron chi connectivity index (χ1n) is 4.82. The normalized spacial score (nSPS) is 16.1. The fourth-order valence-electron chi connectivity index (χ4n) is 1.68. The summed E-state index contributed by atoms with van der Waals surface area (Å²) in [5.74, 6) is -4.23. The second-order valence-corrected chi connectivity index (χ2v) is 3.86. The van der Waals surface area contributed by atoms with Crippen molar-refractivity contribution in [3.8, 4) is 0 Å². The van der Waals surface area contributed by atoms with Gasteiger partial charge in [-0.05, 0) is 30.5 Å². The molecule has 0 atom stereocenters. The third-order valence-corrected chi connectivity index (χ3v) is 2.78. The number of carbonyl (C=O) groups is 1. The molecule has 0 aliphatic heterocycles. The van der Waals surface area contributed by atoms with Crippen molar-refractivity contribution in [1.82, 2.24) is 0 Å². The second-order valence-electron chi connectivity index (χ2n) is 3.86. The zero-order valence-electron chi connectivity index (χ0n) is 8.54. The molecule has 4 nitrogen and oxygen atoms in total. The van der Waals surface area contributed by atoms with Gasteiger partial charge in [-0.1, -0.05) is 0 Å². The fraction of sp³-hybridized carbons (Fsp3) is 0.273. The van der Waals surface area contributed by atoms with Crippen molar-refractivity contribution in [2.75, 3.05) is 0 Å². The van der Waals surface area contributed by atoms with Crippen molar-refractivity contribution in [2.24, 2.45) is 4.99 Å². The SMILES string of the molecule is O=C=NC1(c2cc(F)c(F)c(C(=O)O)c2)CC1. The molecule has 1 saturated carbocycles. The van der Waals surface area contributed by atoms with E-state index in [9.17, 15) is 18.4 Å². The van der Waals surface area contributed by atoms with Gasteiger partial charge in [0.05, 0.1) is 11.1 Å².